The molecule has 0 unspecified atom stereocenters. The molecule has 0 bridgehead atoms. The molecule has 2 aliphatic rings. The number of aromatic nitrogens is 1. The Labute approximate surface area is 173 Å². The Morgan fingerprint density at radius 2 is 1.83 bits per heavy atom. The van der Waals surface area contributed by atoms with Gasteiger partial charge in [0.1, 0.15) is 11.6 Å². The lowest BCUT2D eigenvalue weighted by Crippen LogP contribution is -2.39. The summed E-state index contributed by atoms with van der Waals surface area (Å²) in [6.45, 7) is 3.61. The number of rotatable bonds is 3. The predicted octanol–water partition coefficient (Wildman–Crippen LogP) is 3.63. The molecule has 0 saturated carbocycles. The molecule has 0 atom stereocenters. The van der Waals surface area contributed by atoms with E-state index in [1.165, 1.54) is 18.4 Å². The Kier molecular flexibility index (Phi) is 5.03. The molecule has 4 rings (SSSR count). The van der Waals surface area contributed by atoms with E-state index in [1.807, 2.05) is 36.4 Å². The first kappa shape index (κ1) is 19.1. The van der Waals surface area contributed by atoms with Crippen molar-refractivity contribution in [1.82, 2.24) is 9.88 Å². The largest absolute Gasteiger partial charge is 0.348 e. The molecule has 1 saturated heterocycles. The highest BCUT2D eigenvalue weighted by Gasteiger charge is 2.33. The summed E-state index contributed by atoms with van der Waals surface area (Å²) < 4.78 is 0. The molecule has 0 spiro atoms. The molecule has 2 aromatic rings. The molecular weight excluding hydrogens is 384 g/mol. The Hall–Kier alpha value is -3.24. The molecule has 29 heavy (non-hydrogen) atoms. The van der Waals surface area contributed by atoms with Gasteiger partial charge in [0, 0.05) is 31.3 Å². The number of nitriles is 1. The molecule has 0 radical (unpaired) electrons. The summed E-state index contributed by atoms with van der Waals surface area (Å²) in [6.07, 6.45) is 4.07. The van der Waals surface area contributed by atoms with E-state index < -0.39 is 11.8 Å². The maximum absolute atomic E-state index is 12.8. The van der Waals surface area contributed by atoms with Gasteiger partial charge in [-0.1, -0.05) is 41.7 Å². The first-order chi connectivity index (χ1) is 14.0. The zero-order chi connectivity index (χ0) is 20.5. The Balaban J connectivity index is 1.87. The fourth-order valence-corrected chi connectivity index (χ4v) is 4.68. The van der Waals surface area contributed by atoms with E-state index in [2.05, 4.69) is 4.90 Å². The third kappa shape index (κ3) is 3.36. The number of imide groups is 1. The zero-order valence-corrected chi connectivity index (χ0v) is 17.1. The van der Waals surface area contributed by atoms with Crippen LogP contribution in [-0.2, 0) is 9.59 Å². The average molecular weight is 404 g/mol. The van der Waals surface area contributed by atoms with Crippen molar-refractivity contribution in [1.29, 1.82) is 5.26 Å². The van der Waals surface area contributed by atoms with Gasteiger partial charge in [0.2, 0.25) is 0 Å². The summed E-state index contributed by atoms with van der Waals surface area (Å²) in [5.74, 6) is -0.959. The highest BCUT2D eigenvalue weighted by atomic mass is 32.1. The van der Waals surface area contributed by atoms with E-state index >= 15 is 0 Å². The minimum absolute atomic E-state index is 0.00360. The topological polar surface area (TPSA) is 77.3 Å². The lowest BCUT2D eigenvalue weighted by atomic mass is 9.95. The Bertz CT molecular complexity index is 1090. The van der Waals surface area contributed by atoms with Gasteiger partial charge in [0.15, 0.2) is 5.13 Å². The normalized spacial score (nSPS) is 18.7. The molecule has 1 aromatic carbocycles. The standard InChI is InChI=1S/C22H20N4O2S/c1-14-16(20(27)25(2)21(28)17(14)13-23)12-18-19(15-8-4-3-5-9-15)24-22(29-18)26-10-6-7-11-26/h3-5,8-9,12H,6-7,10-11H2,1-2H3. The smallest absolute Gasteiger partial charge is 0.271 e. The van der Waals surface area contributed by atoms with Crippen molar-refractivity contribution in [2.24, 2.45) is 0 Å². The maximum Gasteiger partial charge on any atom is 0.271 e. The average Bonchev–Trinajstić information content (AvgIpc) is 3.41. The number of hydrogen-bond acceptors (Lipinski definition) is 6. The predicted molar refractivity (Wildman–Crippen MR) is 113 cm³/mol. The van der Waals surface area contributed by atoms with E-state index in [1.54, 1.807) is 13.0 Å². The van der Waals surface area contributed by atoms with Gasteiger partial charge in [-0.25, -0.2) is 4.98 Å². The quantitative estimate of drug-likeness (QED) is 0.577. The van der Waals surface area contributed by atoms with E-state index in [-0.39, 0.29) is 5.57 Å². The van der Waals surface area contributed by atoms with Crippen LogP contribution in [0.25, 0.3) is 17.3 Å². The second-order valence-corrected chi connectivity index (χ2v) is 8.12. The van der Waals surface area contributed by atoms with Crippen LogP contribution >= 0.6 is 11.3 Å². The molecule has 0 aliphatic carbocycles. The second kappa shape index (κ2) is 7.64. The van der Waals surface area contributed by atoms with Crippen LogP contribution in [0.15, 0.2) is 47.1 Å². The molecule has 6 nitrogen and oxygen atoms in total. The van der Waals surface area contributed by atoms with Crippen molar-refractivity contribution in [3.63, 3.8) is 0 Å². The van der Waals surface area contributed by atoms with E-state index in [9.17, 15) is 14.9 Å². The van der Waals surface area contributed by atoms with Gasteiger partial charge < -0.3 is 4.90 Å². The molecule has 2 amide bonds. The van der Waals surface area contributed by atoms with E-state index in [0.29, 0.717) is 11.1 Å². The lowest BCUT2D eigenvalue weighted by Gasteiger charge is -2.23. The van der Waals surface area contributed by atoms with Gasteiger partial charge in [-0.05, 0) is 31.4 Å². The van der Waals surface area contributed by atoms with Gasteiger partial charge in [0.25, 0.3) is 11.8 Å². The van der Waals surface area contributed by atoms with Gasteiger partial charge in [-0.3, -0.25) is 14.5 Å². The van der Waals surface area contributed by atoms with Crippen LogP contribution in [0.2, 0.25) is 0 Å². The van der Waals surface area contributed by atoms with Crippen molar-refractivity contribution >= 4 is 34.4 Å². The number of carbonyl (C=O) groups excluding carboxylic acids is 2. The molecule has 2 aliphatic heterocycles. The van der Waals surface area contributed by atoms with Gasteiger partial charge in [-0.2, -0.15) is 5.26 Å². The highest BCUT2D eigenvalue weighted by molar-refractivity contribution is 7.17. The van der Waals surface area contributed by atoms with Gasteiger partial charge in [-0.15, -0.1) is 0 Å². The summed E-state index contributed by atoms with van der Waals surface area (Å²) in [6, 6.07) is 11.8. The number of anilines is 1. The Morgan fingerprint density at radius 3 is 2.48 bits per heavy atom. The second-order valence-electron chi connectivity index (χ2n) is 7.11. The maximum atomic E-state index is 12.8. The number of benzene rings is 1. The van der Waals surface area contributed by atoms with Crippen molar-refractivity contribution < 1.29 is 9.59 Å². The minimum atomic E-state index is -0.558. The van der Waals surface area contributed by atoms with Crippen LogP contribution in [-0.4, -0.2) is 41.8 Å². The van der Waals surface area contributed by atoms with Gasteiger partial charge >= 0.3 is 0 Å². The summed E-state index contributed by atoms with van der Waals surface area (Å²) in [7, 11) is 1.41. The van der Waals surface area contributed by atoms with Crippen LogP contribution in [0.5, 0.6) is 0 Å². The van der Waals surface area contributed by atoms with E-state index in [4.69, 9.17) is 4.98 Å². The number of carbonyl (C=O) groups is 2. The summed E-state index contributed by atoms with van der Waals surface area (Å²) >= 11 is 1.54. The van der Waals surface area contributed by atoms with Crippen molar-refractivity contribution in [2.45, 2.75) is 19.8 Å². The fraction of sp³-hybridized carbons (Fsp3) is 0.273. The monoisotopic (exact) mass is 404 g/mol. The number of likely N-dealkylation sites (N-methyl/N-ethyl adjacent to an activating group) is 1. The highest BCUT2D eigenvalue weighted by Crippen LogP contribution is 2.37. The van der Waals surface area contributed by atoms with Crippen molar-refractivity contribution in [3.8, 4) is 17.3 Å². The lowest BCUT2D eigenvalue weighted by molar-refractivity contribution is -0.138. The minimum Gasteiger partial charge on any atom is -0.348 e. The van der Waals surface area contributed by atoms with Crippen LogP contribution in [0.3, 0.4) is 0 Å². The Morgan fingerprint density at radius 1 is 1.14 bits per heavy atom. The third-order valence-electron chi connectivity index (χ3n) is 5.29. The molecule has 1 fully saturated rings. The SMILES string of the molecule is CC1=C(C#N)C(=O)N(C)C(=O)C1=Cc1sc(N2CCCC2)nc1-c1ccccc1. The molecular formula is C22H20N4O2S. The van der Waals surface area contributed by atoms with Crippen LogP contribution in [0.4, 0.5) is 5.13 Å². The number of nitrogens with zero attached hydrogens (tertiary/aromatic N) is 4. The molecule has 7 heteroatoms. The molecule has 0 N–H and O–H groups in total. The third-order valence-corrected chi connectivity index (χ3v) is 6.35. The summed E-state index contributed by atoms with van der Waals surface area (Å²) in [5.41, 5.74) is 2.55. The molecule has 3 heterocycles. The number of thiazole rings is 1. The summed E-state index contributed by atoms with van der Waals surface area (Å²) in [4.78, 5) is 34.0. The van der Waals surface area contributed by atoms with Gasteiger partial charge in [0.05, 0.1) is 10.6 Å². The first-order valence-corrected chi connectivity index (χ1v) is 10.3. The number of amides is 2. The number of hydrogen-bond donors (Lipinski definition) is 0. The molecule has 146 valence electrons. The van der Waals surface area contributed by atoms with E-state index in [0.717, 1.165) is 52.1 Å². The summed E-state index contributed by atoms with van der Waals surface area (Å²) in [5, 5.41) is 10.3. The fourth-order valence-electron chi connectivity index (χ4n) is 3.59. The zero-order valence-electron chi connectivity index (χ0n) is 16.3. The van der Waals surface area contributed by atoms with Crippen LogP contribution in [0.1, 0.15) is 24.6 Å². The van der Waals surface area contributed by atoms with Crippen LogP contribution < -0.4 is 4.90 Å². The first-order valence-electron chi connectivity index (χ1n) is 9.48. The van der Waals surface area contributed by atoms with Crippen LogP contribution in [0, 0.1) is 11.3 Å². The molecule has 1 aromatic heterocycles. The van der Waals surface area contributed by atoms with Crippen molar-refractivity contribution in [3.05, 3.63) is 51.9 Å². The van der Waals surface area contributed by atoms with Crippen molar-refractivity contribution in [2.75, 3.05) is 25.0 Å².